The molecule has 1 N–H and O–H groups in total. The first-order valence-electron chi connectivity index (χ1n) is 8.90. The second-order valence-electron chi connectivity index (χ2n) is 6.92. The first kappa shape index (κ1) is 24.2. The fourth-order valence-electron chi connectivity index (χ4n) is 2.98. The van der Waals surface area contributed by atoms with Crippen molar-refractivity contribution in [1.82, 2.24) is 10.3 Å². The number of rotatable bonds is 7. The molecule has 0 fully saturated rings. The number of halogens is 4. The molecule has 0 saturated heterocycles. The van der Waals surface area contributed by atoms with Crippen LogP contribution in [0.4, 0.5) is 13.2 Å². The summed E-state index contributed by atoms with van der Waals surface area (Å²) in [5.41, 5.74) is 0.697. The Morgan fingerprint density at radius 2 is 1.93 bits per heavy atom. The maximum absolute atomic E-state index is 13.2. The van der Waals surface area contributed by atoms with Gasteiger partial charge in [-0.05, 0) is 23.3 Å². The molecular formula is C19H22ClF3N2O4S. The Bertz CT molecular complexity index is 940. The van der Waals surface area contributed by atoms with Crippen molar-refractivity contribution in [1.29, 1.82) is 0 Å². The minimum atomic E-state index is -4.63. The van der Waals surface area contributed by atoms with E-state index in [0.717, 1.165) is 11.8 Å². The summed E-state index contributed by atoms with van der Waals surface area (Å²) in [5.74, 6) is -1.99. The number of ether oxygens (including phenoxy) is 2. The predicted molar refractivity (Wildman–Crippen MR) is 108 cm³/mol. The van der Waals surface area contributed by atoms with E-state index in [0.29, 0.717) is 31.3 Å². The first-order chi connectivity index (χ1) is 13.6. The van der Waals surface area contributed by atoms with E-state index >= 15 is 0 Å². The number of alkyl halides is 3. The topological polar surface area (TPSA) is 77.5 Å². The molecular weight excluding hydrogens is 445 g/mol. The van der Waals surface area contributed by atoms with E-state index < -0.39 is 27.7 Å². The fraction of sp³-hybridized carbons (Fsp3) is 0.421. The van der Waals surface area contributed by atoms with Gasteiger partial charge in [0, 0.05) is 25.5 Å². The molecule has 1 aromatic heterocycles. The molecule has 6 nitrogen and oxygen atoms in total. The van der Waals surface area contributed by atoms with E-state index in [1.807, 2.05) is 0 Å². The second kappa shape index (κ2) is 9.84. The summed E-state index contributed by atoms with van der Waals surface area (Å²) in [5, 5.41) is 3.17. The van der Waals surface area contributed by atoms with Crippen molar-refractivity contribution < 1.29 is 31.1 Å². The molecule has 11 heteroatoms. The van der Waals surface area contributed by atoms with Gasteiger partial charge in [-0.2, -0.15) is 13.2 Å². The van der Waals surface area contributed by atoms with Crippen LogP contribution in [0.3, 0.4) is 0 Å². The number of nitrogens with zero attached hydrogens (tertiary/aromatic N) is 1. The van der Waals surface area contributed by atoms with Crippen LogP contribution in [0.25, 0.3) is 0 Å². The number of aromatic nitrogens is 1. The Labute approximate surface area is 179 Å². The van der Waals surface area contributed by atoms with Gasteiger partial charge >= 0.3 is 6.18 Å². The minimum absolute atomic E-state index is 0. The lowest BCUT2D eigenvalue weighted by atomic mass is 9.99. The van der Waals surface area contributed by atoms with Crippen molar-refractivity contribution in [2.24, 2.45) is 0 Å². The number of pyridine rings is 1. The van der Waals surface area contributed by atoms with Crippen LogP contribution in [-0.4, -0.2) is 50.8 Å². The number of hydrogen-bond acceptors (Lipinski definition) is 6. The Kier molecular flexibility index (Phi) is 7.95. The van der Waals surface area contributed by atoms with Crippen molar-refractivity contribution in [3.05, 3.63) is 53.7 Å². The normalized spacial score (nSPS) is 17.1. The summed E-state index contributed by atoms with van der Waals surface area (Å²) in [6.45, 7) is 1.25. The van der Waals surface area contributed by atoms with Gasteiger partial charge in [-0.25, -0.2) is 13.4 Å². The molecule has 2 aromatic rings. The largest absolute Gasteiger partial charge is 0.484 e. The molecule has 2 heterocycles. The van der Waals surface area contributed by atoms with Gasteiger partial charge in [0.05, 0.1) is 11.7 Å². The van der Waals surface area contributed by atoms with E-state index in [9.17, 15) is 21.6 Å². The maximum atomic E-state index is 13.2. The Balaban J connectivity index is 0.00000320. The molecule has 1 aliphatic heterocycles. The van der Waals surface area contributed by atoms with Gasteiger partial charge in [-0.1, -0.05) is 24.3 Å². The SMILES string of the molecule is CS(=O)(=O)C[C@@H](c1ccc(CNC[C@H]2COc3cccnc3O2)cc1)C(F)(F)F.Cl. The van der Waals surface area contributed by atoms with Gasteiger partial charge in [0.25, 0.3) is 5.88 Å². The molecule has 166 valence electrons. The third kappa shape index (κ3) is 6.75. The third-order valence-electron chi connectivity index (χ3n) is 4.39. The van der Waals surface area contributed by atoms with Crippen LogP contribution in [0.5, 0.6) is 11.6 Å². The first-order valence-corrected chi connectivity index (χ1v) is 11.0. The lowest BCUT2D eigenvalue weighted by Gasteiger charge is -2.25. The van der Waals surface area contributed by atoms with Gasteiger partial charge < -0.3 is 14.8 Å². The number of nitrogens with one attached hydrogen (secondary N) is 1. The molecule has 1 aliphatic rings. The zero-order valence-corrected chi connectivity index (χ0v) is 17.7. The minimum Gasteiger partial charge on any atom is -0.484 e. The van der Waals surface area contributed by atoms with E-state index in [1.165, 1.54) is 12.1 Å². The lowest BCUT2D eigenvalue weighted by molar-refractivity contribution is -0.145. The van der Waals surface area contributed by atoms with Crippen LogP contribution >= 0.6 is 12.4 Å². The van der Waals surface area contributed by atoms with E-state index in [4.69, 9.17) is 9.47 Å². The summed E-state index contributed by atoms with van der Waals surface area (Å²) in [6.07, 6.45) is -2.46. The summed E-state index contributed by atoms with van der Waals surface area (Å²) in [7, 11) is -3.78. The van der Waals surface area contributed by atoms with Crippen LogP contribution < -0.4 is 14.8 Å². The molecule has 0 bridgehead atoms. The fourth-order valence-corrected chi connectivity index (χ4v) is 3.96. The van der Waals surface area contributed by atoms with Crippen molar-refractivity contribution >= 4 is 22.2 Å². The average molecular weight is 467 g/mol. The Hall–Kier alpha value is -2.04. The monoisotopic (exact) mass is 466 g/mol. The van der Waals surface area contributed by atoms with E-state index in [2.05, 4.69) is 10.3 Å². The zero-order valence-electron chi connectivity index (χ0n) is 16.1. The summed E-state index contributed by atoms with van der Waals surface area (Å²) >= 11 is 0. The number of sulfone groups is 1. The highest BCUT2D eigenvalue weighted by molar-refractivity contribution is 7.90. The van der Waals surface area contributed by atoms with Crippen LogP contribution in [0.1, 0.15) is 17.0 Å². The van der Waals surface area contributed by atoms with E-state index in [1.54, 1.807) is 30.5 Å². The van der Waals surface area contributed by atoms with Gasteiger partial charge in [0.15, 0.2) is 5.75 Å². The van der Waals surface area contributed by atoms with Crippen LogP contribution in [0.2, 0.25) is 0 Å². The summed E-state index contributed by atoms with van der Waals surface area (Å²) in [6, 6.07) is 9.27. The number of benzene rings is 1. The molecule has 0 radical (unpaired) electrons. The van der Waals surface area contributed by atoms with Crippen LogP contribution in [0.15, 0.2) is 42.6 Å². The van der Waals surface area contributed by atoms with Gasteiger partial charge in [-0.3, -0.25) is 0 Å². The molecule has 1 aromatic carbocycles. The summed E-state index contributed by atoms with van der Waals surface area (Å²) in [4.78, 5) is 4.10. The molecule has 0 spiro atoms. The van der Waals surface area contributed by atoms with E-state index in [-0.39, 0.29) is 24.1 Å². The van der Waals surface area contributed by atoms with Crippen molar-refractivity contribution in [2.75, 3.05) is 25.2 Å². The third-order valence-corrected chi connectivity index (χ3v) is 5.33. The highest BCUT2D eigenvalue weighted by Crippen LogP contribution is 2.36. The highest BCUT2D eigenvalue weighted by atomic mass is 35.5. The maximum Gasteiger partial charge on any atom is 0.396 e. The predicted octanol–water partition coefficient (Wildman–Crippen LogP) is 3.12. The molecule has 0 unspecified atom stereocenters. The summed E-state index contributed by atoms with van der Waals surface area (Å²) < 4.78 is 73.7. The molecule has 0 amide bonds. The smallest absolute Gasteiger partial charge is 0.396 e. The van der Waals surface area contributed by atoms with Crippen molar-refractivity contribution in [2.45, 2.75) is 24.7 Å². The zero-order chi connectivity index (χ0) is 21.1. The molecule has 30 heavy (non-hydrogen) atoms. The van der Waals surface area contributed by atoms with Gasteiger partial charge in [0.1, 0.15) is 22.5 Å². The molecule has 2 atom stereocenters. The molecule has 3 rings (SSSR count). The van der Waals surface area contributed by atoms with Crippen LogP contribution in [-0.2, 0) is 16.4 Å². The van der Waals surface area contributed by atoms with Crippen molar-refractivity contribution in [3.63, 3.8) is 0 Å². The standard InChI is InChI=1S/C19H21F3N2O4S.ClH/c1-29(25,26)12-16(19(20,21)22)14-6-4-13(5-7-14)9-23-10-15-11-27-17-3-2-8-24-18(17)28-15;/h2-8,15-16,23H,9-12H2,1H3;1H/t15-,16-;/m0./s1. The lowest BCUT2D eigenvalue weighted by Crippen LogP contribution is -2.38. The molecule has 0 aliphatic carbocycles. The molecule has 0 saturated carbocycles. The van der Waals surface area contributed by atoms with Crippen LogP contribution in [0, 0.1) is 0 Å². The number of fused-ring (bicyclic) bond motifs is 1. The second-order valence-corrected chi connectivity index (χ2v) is 9.10. The quantitative estimate of drug-likeness (QED) is 0.675. The highest BCUT2D eigenvalue weighted by Gasteiger charge is 2.42. The van der Waals surface area contributed by atoms with Gasteiger partial charge in [-0.15, -0.1) is 12.4 Å². The van der Waals surface area contributed by atoms with Crippen molar-refractivity contribution in [3.8, 4) is 11.6 Å². The Morgan fingerprint density at radius 1 is 1.23 bits per heavy atom. The average Bonchev–Trinajstić information content (AvgIpc) is 2.65. The van der Waals surface area contributed by atoms with Gasteiger partial charge in [0.2, 0.25) is 0 Å². The Morgan fingerprint density at radius 3 is 2.57 bits per heavy atom. The number of hydrogen-bond donors (Lipinski definition) is 1.